The van der Waals surface area contributed by atoms with Crippen LogP contribution in [-0.2, 0) is 4.57 Å². The highest BCUT2D eigenvalue weighted by molar-refractivity contribution is 7.65. The Morgan fingerprint density at radius 3 is 1.95 bits per heavy atom. The maximum Gasteiger partial charge on any atom is 0.212 e. The predicted octanol–water partition coefficient (Wildman–Crippen LogP) is 3.40. The van der Waals surface area contributed by atoms with Crippen LogP contribution in [0.5, 0.6) is 0 Å². The summed E-state index contributed by atoms with van der Waals surface area (Å²) in [6, 6.07) is 18.7. The second-order valence-electron chi connectivity index (χ2n) is 4.21. The fourth-order valence-corrected chi connectivity index (χ4v) is 2.96. The van der Waals surface area contributed by atoms with Gasteiger partial charge in [-0.25, -0.2) is 0 Å². The second kappa shape index (κ2) is 6.41. The molecule has 0 saturated heterocycles. The van der Waals surface area contributed by atoms with Crippen LogP contribution in [-0.4, -0.2) is 17.7 Å². The topological polar surface area (TPSA) is 61.4 Å². The SMILES string of the molecule is O=P(CO)(CNc1ccccc1)Nc1ccccc1. The molecule has 2 rings (SSSR count). The zero-order chi connectivity index (χ0) is 13.6. The van der Waals surface area contributed by atoms with Crippen molar-refractivity contribution in [2.45, 2.75) is 0 Å². The number of benzene rings is 2. The molecule has 0 aliphatic rings. The van der Waals surface area contributed by atoms with Crippen molar-refractivity contribution in [1.82, 2.24) is 0 Å². The molecule has 5 heteroatoms. The van der Waals surface area contributed by atoms with Crippen molar-refractivity contribution in [3.05, 3.63) is 60.7 Å². The number of hydrogen-bond acceptors (Lipinski definition) is 3. The van der Waals surface area contributed by atoms with Gasteiger partial charge in [-0.15, -0.1) is 0 Å². The lowest BCUT2D eigenvalue weighted by atomic mass is 10.3. The number of aliphatic hydroxyl groups is 1. The number of anilines is 2. The number of para-hydroxylation sites is 2. The molecule has 1 atom stereocenters. The van der Waals surface area contributed by atoms with Crippen molar-refractivity contribution < 1.29 is 9.67 Å². The Bertz CT molecular complexity index is 546. The molecule has 0 aromatic heterocycles. The Morgan fingerprint density at radius 2 is 1.42 bits per heavy atom. The van der Waals surface area contributed by atoms with Gasteiger partial charge in [-0.1, -0.05) is 36.4 Å². The molecule has 1 unspecified atom stereocenters. The van der Waals surface area contributed by atoms with Crippen LogP contribution in [0.1, 0.15) is 0 Å². The molecule has 100 valence electrons. The fourth-order valence-electron chi connectivity index (χ4n) is 1.65. The zero-order valence-corrected chi connectivity index (χ0v) is 11.4. The zero-order valence-electron chi connectivity index (χ0n) is 10.5. The highest BCUT2D eigenvalue weighted by Crippen LogP contribution is 2.43. The monoisotopic (exact) mass is 276 g/mol. The first kappa shape index (κ1) is 13.7. The summed E-state index contributed by atoms with van der Waals surface area (Å²) in [4.78, 5) is 0. The number of rotatable bonds is 6. The molecule has 0 radical (unpaired) electrons. The van der Waals surface area contributed by atoms with Crippen molar-refractivity contribution >= 4 is 18.7 Å². The Hall–Kier alpha value is -1.77. The lowest BCUT2D eigenvalue weighted by Gasteiger charge is -2.19. The van der Waals surface area contributed by atoms with Crippen molar-refractivity contribution in [3.8, 4) is 0 Å². The van der Waals surface area contributed by atoms with E-state index in [0.29, 0.717) is 0 Å². The van der Waals surface area contributed by atoms with Crippen LogP contribution >= 0.6 is 7.29 Å². The molecule has 0 heterocycles. The van der Waals surface area contributed by atoms with E-state index in [9.17, 15) is 9.67 Å². The van der Waals surface area contributed by atoms with E-state index >= 15 is 0 Å². The van der Waals surface area contributed by atoms with E-state index in [1.54, 1.807) is 0 Å². The summed E-state index contributed by atoms with van der Waals surface area (Å²) >= 11 is 0. The van der Waals surface area contributed by atoms with E-state index in [1.807, 2.05) is 60.7 Å². The van der Waals surface area contributed by atoms with E-state index in [2.05, 4.69) is 10.4 Å². The average molecular weight is 276 g/mol. The second-order valence-corrected chi connectivity index (χ2v) is 6.81. The summed E-state index contributed by atoms with van der Waals surface area (Å²) in [5, 5.41) is 15.3. The van der Waals surface area contributed by atoms with Crippen molar-refractivity contribution in [1.29, 1.82) is 0 Å². The summed E-state index contributed by atoms with van der Waals surface area (Å²) in [6.07, 6.45) is -0.190. The number of aliphatic hydroxyl groups excluding tert-OH is 1. The predicted molar refractivity (Wildman–Crippen MR) is 79.7 cm³/mol. The summed E-state index contributed by atoms with van der Waals surface area (Å²) in [7, 11) is -2.89. The Balaban J connectivity index is 2.00. The van der Waals surface area contributed by atoms with Crippen molar-refractivity contribution in [3.63, 3.8) is 0 Å². The van der Waals surface area contributed by atoms with Gasteiger partial charge in [-0.2, -0.15) is 0 Å². The standard InChI is InChI=1S/C14H17N2O2P/c17-12-19(18,16-14-9-5-2-6-10-14)11-15-13-7-3-1-4-8-13/h1-10,15,17H,11-12H2,(H,16,18). The van der Waals surface area contributed by atoms with E-state index < -0.39 is 7.29 Å². The van der Waals surface area contributed by atoms with Crippen LogP contribution in [0.3, 0.4) is 0 Å². The molecule has 4 nitrogen and oxygen atoms in total. The van der Waals surface area contributed by atoms with Crippen molar-refractivity contribution in [2.75, 3.05) is 23.0 Å². The van der Waals surface area contributed by atoms with Gasteiger partial charge in [0.15, 0.2) is 0 Å². The van der Waals surface area contributed by atoms with Gasteiger partial charge in [0.05, 0.1) is 6.29 Å². The van der Waals surface area contributed by atoms with Crippen LogP contribution < -0.4 is 10.4 Å². The van der Waals surface area contributed by atoms with E-state index in [-0.39, 0.29) is 12.6 Å². The van der Waals surface area contributed by atoms with Crippen LogP contribution in [0.25, 0.3) is 0 Å². The molecular formula is C14H17N2O2P. The van der Waals surface area contributed by atoms with Gasteiger partial charge in [0.25, 0.3) is 0 Å². The first-order chi connectivity index (χ1) is 9.22. The van der Waals surface area contributed by atoms with Gasteiger partial charge >= 0.3 is 0 Å². The van der Waals surface area contributed by atoms with Crippen LogP contribution in [0.4, 0.5) is 11.4 Å². The molecule has 0 aliphatic heterocycles. The van der Waals surface area contributed by atoms with Gasteiger partial charge in [0, 0.05) is 11.4 Å². The van der Waals surface area contributed by atoms with Gasteiger partial charge in [0.2, 0.25) is 7.29 Å². The highest BCUT2D eigenvalue weighted by atomic mass is 31.2. The molecule has 0 fully saturated rings. The first-order valence-corrected chi connectivity index (χ1v) is 8.11. The average Bonchev–Trinajstić information content (AvgIpc) is 2.47. The minimum Gasteiger partial charge on any atom is -0.387 e. The van der Waals surface area contributed by atoms with Crippen LogP contribution in [0.2, 0.25) is 0 Å². The Kier molecular flexibility index (Phi) is 4.61. The molecule has 2 aromatic carbocycles. The third-order valence-electron chi connectivity index (χ3n) is 2.65. The molecule has 0 saturated carbocycles. The summed E-state index contributed by atoms with van der Waals surface area (Å²) in [5.41, 5.74) is 1.63. The minimum absolute atomic E-state index is 0.197. The normalized spacial score (nSPS) is 13.5. The largest absolute Gasteiger partial charge is 0.387 e. The van der Waals surface area contributed by atoms with Gasteiger partial charge in [-0.3, -0.25) is 4.57 Å². The lowest BCUT2D eigenvalue weighted by Crippen LogP contribution is -2.11. The third-order valence-corrected chi connectivity index (χ3v) is 4.44. The van der Waals surface area contributed by atoms with Crippen molar-refractivity contribution in [2.24, 2.45) is 0 Å². The Morgan fingerprint density at radius 1 is 0.895 bits per heavy atom. The van der Waals surface area contributed by atoms with Gasteiger partial charge in [0.1, 0.15) is 6.35 Å². The molecule has 3 N–H and O–H groups in total. The Labute approximate surface area is 112 Å². The lowest BCUT2D eigenvalue weighted by molar-refractivity contribution is 0.359. The highest BCUT2D eigenvalue weighted by Gasteiger charge is 2.20. The van der Waals surface area contributed by atoms with Crippen LogP contribution in [0.15, 0.2) is 60.7 Å². The number of nitrogens with one attached hydrogen (secondary N) is 2. The molecule has 0 bridgehead atoms. The fraction of sp³-hybridized carbons (Fsp3) is 0.143. The van der Waals surface area contributed by atoms with E-state index in [0.717, 1.165) is 11.4 Å². The summed E-state index contributed by atoms with van der Waals surface area (Å²) in [5.74, 6) is 0. The molecule has 0 aliphatic carbocycles. The third kappa shape index (κ3) is 4.12. The molecule has 2 aromatic rings. The van der Waals surface area contributed by atoms with E-state index in [1.165, 1.54) is 0 Å². The van der Waals surface area contributed by atoms with Gasteiger partial charge in [-0.05, 0) is 24.3 Å². The van der Waals surface area contributed by atoms with Gasteiger partial charge < -0.3 is 15.5 Å². The molecule has 0 spiro atoms. The quantitative estimate of drug-likeness (QED) is 0.708. The summed E-state index contributed by atoms with van der Waals surface area (Å²) in [6.45, 7) is 0. The van der Waals surface area contributed by atoms with Crippen LogP contribution in [0, 0.1) is 0 Å². The smallest absolute Gasteiger partial charge is 0.212 e. The molecule has 0 amide bonds. The minimum atomic E-state index is -2.89. The molecular weight excluding hydrogens is 259 g/mol. The number of hydrogen-bond donors (Lipinski definition) is 3. The molecule has 19 heavy (non-hydrogen) atoms. The first-order valence-electron chi connectivity index (χ1n) is 6.03. The maximum atomic E-state index is 12.5. The maximum absolute atomic E-state index is 12.5. The summed E-state index contributed by atoms with van der Waals surface area (Å²) < 4.78 is 12.5. The van der Waals surface area contributed by atoms with E-state index in [4.69, 9.17) is 0 Å².